The van der Waals surface area contributed by atoms with Gasteiger partial charge < -0.3 is 6.42 Å². The summed E-state index contributed by atoms with van der Waals surface area (Å²) >= 11 is 0. The number of hydrogen-bond donors (Lipinski definition) is 0. The van der Waals surface area contributed by atoms with Gasteiger partial charge in [0.25, 0.3) is 0 Å². The van der Waals surface area contributed by atoms with Gasteiger partial charge in [-0.2, -0.15) is 5.92 Å². The molecular formula is C4H7W-. The Hall–Kier alpha value is 0.688. The second-order valence-electron chi connectivity index (χ2n) is 1.45. The van der Waals surface area contributed by atoms with Crippen molar-refractivity contribution in [3.05, 3.63) is 6.42 Å². The van der Waals surface area contributed by atoms with Crippen LogP contribution in [0.15, 0.2) is 0 Å². The zero-order valence-corrected chi connectivity index (χ0v) is 6.20. The van der Waals surface area contributed by atoms with Gasteiger partial charge in [0.1, 0.15) is 0 Å². The Kier molecular flexibility index (Phi) is 2.24. The zero-order chi connectivity index (χ0) is 2.99. The molecule has 0 saturated heterocycles. The molecule has 1 atom stereocenters. The molecule has 0 amide bonds. The van der Waals surface area contributed by atoms with E-state index in [-0.39, 0.29) is 21.1 Å². The second kappa shape index (κ2) is 1.97. The average Bonchev–Trinajstić information content (AvgIpc) is 1.75. The van der Waals surface area contributed by atoms with Crippen LogP contribution in [-0.2, 0) is 21.1 Å². The maximum absolute atomic E-state index is 2.29. The minimum atomic E-state index is 0. The second-order valence-corrected chi connectivity index (χ2v) is 1.45. The molecule has 0 aromatic carbocycles. The SMILES string of the molecule is C[C@@H]1[CH-]C1.[W]. The molecule has 5 heavy (non-hydrogen) atoms. The molecule has 0 nitrogen and oxygen atoms in total. The van der Waals surface area contributed by atoms with Crippen LogP contribution in [0.25, 0.3) is 0 Å². The molecule has 0 spiro atoms. The summed E-state index contributed by atoms with van der Waals surface area (Å²) in [4.78, 5) is 0. The third-order valence-corrected chi connectivity index (χ3v) is 0.707. The largest absolute Gasteiger partial charge is 0.330 e. The van der Waals surface area contributed by atoms with Crippen LogP contribution in [0.2, 0.25) is 0 Å². The van der Waals surface area contributed by atoms with Gasteiger partial charge in [-0.05, 0) is 0 Å². The molecule has 0 aromatic rings. The van der Waals surface area contributed by atoms with Crippen LogP contribution < -0.4 is 0 Å². The summed E-state index contributed by atoms with van der Waals surface area (Å²) in [5.74, 6) is 0.958. The van der Waals surface area contributed by atoms with Crippen LogP contribution in [0.1, 0.15) is 13.3 Å². The summed E-state index contributed by atoms with van der Waals surface area (Å²) in [7, 11) is 0. The van der Waals surface area contributed by atoms with E-state index in [9.17, 15) is 0 Å². The van der Waals surface area contributed by atoms with Gasteiger partial charge in [0.2, 0.25) is 0 Å². The van der Waals surface area contributed by atoms with E-state index in [2.05, 4.69) is 13.3 Å². The van der Waals surface area contributed by atoms with E-state index in [1.807, 2.05) is 0 Å². The van der Waals surface area contributed by atoms with Crippen LogP contribution in [-0.4, -0.2) is 0 Å². The summed E-state index contributed by atoms with van der Waals surface area (Å²) in [6, 6.07) is 0. The molecule has 0 unspecified atom stereocenters. The van der Waals surface area contributed by atoms with Gasteiger partial charge in [-0.25, -0.2) is 6.42 Å². The van der Waals surface area contributed by atoms with E-state index in [0.717, 1.165) is 5.92 Å². The van der Waals surface area contributed by atoms with Crippen LogP contribution >= 0.6 is 0 Å². The van der Waals surface area contributed by atoms with Gasteiger partial charge in [-0.1, -0.05) is 6.92 Å². The molecule has 0 aliphatic heterocycles. The van der Waals surface area contributed by atoms with Crippen molar-refractivity contribution >= 4 is 0 Å². The smallest absolute Gasteiger partial charge is 0 e. The fraction of sp³-hybridized carbons (Fsp3) is 0.750. The van der Waals surface area contributed by atoms with Gasteiger partial charge in [-0.15, -0.1) is 0 Å². The Labute approximate surface area is 47.2 Å². The van der Waals surface area contributed by atoms with Gasteiger partial charge in [0.05, 0.1) is 0 Å². The van der Waals surface area contributed by atoms with E-state index in [1.54, 1.807) is 0 Å². The summed E-state index contributed by atoms with van der Waals surface area (Å²) in [5.41, 5.74) is 0. The standard InChI is InChI=1S/C4H7.W/c1-4-2-3-4;/h2,4H,3H2,1H3;/q-1;/t4-;/m1./s1. The van der Waals surface area contributed by atoms with Gasteiger partial charge in [0, 0.05) is 21.1 Å². The average molecular weight is 239 g/mol. The van der Waals surface area contributed by atoms with Crippen LogP contribution in [0, 0.1) is 12.3 Å². The molecule has 0 aromatic heterocycles. The topological polar surface area (TPSA) is 0 Å². The van der Waals surface area contributed by atoms with E-state index in [4.69, 9.17) is 0 Å². The minimum absolute atomic E-state index is 0. The first-order chi connectivity index (χ1) is 1.89. The summed E-state index contributed by atoms with van der Waals surface area (Å²) in [6.07, 6.45) is 3.65. The van der Waals surface area contributed by atoms with Crippen molar-refractivity contribution in [2.75, 3.05) is 0 Å². The Bertz CT molecular complexity index is 22.8. The summed E-state index contributed by atoms with van der Waals surface area (Å²) < 4.78 is 0. The maximum Gasteiger partial charge on any atom is 0 e. The predicted molar refractivity (Wildman–Crippen MR) is 18.1 cm³/mol. The fourth-order valence-corrected chi connectivity index (χ4v) is 0.136. The molecule has 0 radical (unpaired) electrons. The molecule has 1 fully saturated rings. The van der Waals surface area contributed by atoms with Gasteiger partial charge in [0.15, 0.2) is 0 Å². The molecule has 0 bridgehead atoms. The van der Waals surface area contributed by atoms with E-state index in [1.165, 1.54) is 6.42 Å². The van der Waals surface area contributed by atoms with Crippen molar-refractivity contribution in [1.29, 1.82) is 0 Å². The molecule has 1 saturated carbocycles. The molecule has 0 heterocycles. The van der Waals surface area contributed by atoms with Crippen molar-refractivity contribution in [2.24, 2.45) is 5.92 Å². The van der Waals surface area contributed by atoms with Crippen molar-refractivity contribution in [2.45, 2.75) is 13.3 Å². The normalized spacial score (nSPS) is 31.8. The summed E-state index contributed by atoms with van der Waals surface area (Å²) in [5, 5.41) is 0. The van der Waals surface area contributed by atoms with Crippen LogP contribution in [0.4, 0.5) is 0 Å². The van der Waals surface area contributed by atoms with Crippen molar-refractivity contribution < 1.29 is 21.1 Å². The Morgan fingerprint density at radius 3 is 2.00 bits per heavy atom. The third kappa shape index (κ3) is 2.49. The summed E-state index contributed by atoms with van der Waals surface area (Å²) in [6.45, 7) is 2.22. The molecule has 0 N–H and O–H groups in total. The van der Waals surface area contributed by atoms with Crippen LogP contribution in [0.3, 0.4) is 0 Å². The first-order valence-electron chi connectivity index (χ1n) is 1.73. The van der Waals surface area contributed by atoms with Crippen molar-refractivity contribution in [1.82, 2.24) is 0 Å². The number of rotatable bonds is 0. The molecule has 1 heteroatoms. The molecule has 30 valence electrons. The molecular weight excluding hydrogens is 232 g/mol. The Morgan fingerprint density at radius 2 is 2.00 bits per heavy atom. The van der Waals surface area contributed by atoms with E-state index in [0.29, 0.717) is 0 Å². The molecule has 1 rings (SSSR count). The minimum Gasteiger partial charge on any atom is -0.330 e. The van der Waals surface area contributed by atoms with E-state index >= 15 is 0 Å². The van der Waals surface area contributed by atoms with Crippen LogP contribution in [0.5, 0.6) is 0 Å². The fourth-order valence-electron chi connectivity index (χ4n) is 0.136. The first-order valence-corrected chi connectivity index (χ1v) is 1.73. The number of hydrogen-bond acceptors (Lipinski definition) is 0. The first kappa shape index (κ1) is 5.69. The maximum atomic E-state index is 2.29. The Morgan fingerprint density at radius 1 is 1.80 bits per heavy atom. The third-order valence-electron chi connectivity index (χ3n) is 0.707. The Balaban J connectivity index is 0.000000160. The quantitative estimate of drug-likeness (QED) is 0.557. The van der Waals surface area contributed by atoms with Gasteiger partial charge in [-0.3, -0.25) is 0 Å². The predicted octanol–water partition coefficient (Wildman–Crippen LogP) is 1.23. The van der Waals surface area contributed by atoms with E-state index < -0.39 is 0 Å². The van der Waals surface area contributed by atoms with Gasteiger partial charge >= 0.3 is 0 Å². The van der Waals surface area contributed by atoms with Crippen molar-refractivity contribution in [3.63, 3.8) is 0 Å². The zero-order valence-electron chi connectivity index (χ0n) is 3.27. The molecule has 1 aliphatic rings. The van der Waals surface area contributed by atoms with Crippen molar-refractivity contribution in [3.8, 4) is 0 Å². The molecule has 1 aliphatic carbocycles. The monoisotopic (exact) mass is 239 g/mol.